The summed E-state index contributed by atoms with van der Waals surface area (Å²) in [6.07, 6.45) is 90.2. The topological polar surface area (TPSA) is 78.9 Å². The van der Waals surface area contributed by atoms with Gasteiger partial charge in [0.15, 0.2) is 6.10 Å². The maximum Gasteiger partial charge on any atom is 0.306 e. The lowest BCUT2D eigenvalue weighted by Gasteiger charge is -2.18. The molecule has 0 fully saturated rings. The summed E-state index contributed by atoms with van der Waals surface area (Å²) >= 11 is 0. The number of allylic oxidation sites excluding steroid dienone is 14. The van der Waals surface area contributed by atoms with Gasteiger partial charge in [-0.05, 0) is 116 Å². The summed E-state index contributed by atoms with van der Waals surface area (Å²) in [7, 11) is 0. The molecule has 0 bridgehead atoms. The first-order chi connectivity index (χ1) is 39.5. The zero-order valence-electron chi connectivity index (χ0n) is 53.1. The van der Waals surface area contributed by atoms with E-state index in [2.05, 4.69) is 106 Å². The fourth-order valence-electron chi connectivity index (χ4n) is 9.93. The number of carbonyl (C=O) groups is 3. The second-order valence-corrected chi connectivity index (χ2v) is 23.1. The Morgan fingerprint density at radius 3 is 0.775 bits per heavy atom. The van der Waals surface area contributed by atoms with E-state index >= 15 is 0 Å². The molecule has 0 amide bonds. The van der Waals surface area contributed by atoms with E-state index in [1.54, 1.807) is 0 Å². The highest BCUT2D eigenvalue weighted by atomic mass is 16.6. The molecule has 0 radical (unpaired) electrons. The molecule has 0 saturated carbocycles. The number of hydrogen-bond acceptors (Lipinski definition) is 6. The first kappa shape index (κ1) is 76.6. The maximum absolute atomic E-state index is 12.9. The molecule has 1 unspecified atom stereocenters. The third kappa shape index (κ3) is 65.4. The Morgan fingerprint density at radius 1 is 0.263 bits per heavy atom. The van der Waals surface area contributed by atoms with Crippen molar-refractivity contribution in [2.75, 3.05) is 13.2 Å². The van der Waals surface area contributed by atoms with E-state index in [4.69, 9.17) is 14.2 Å². The van der Waals surface area contributed by atoms with Crippen molar-refractivity contribution >= 4 is 17.9 Å². The number of hydrogen-bond donors (Lipinski definition) is 0. The van der Waals surface area contributed by atoms with Crippen molar-refractivity contribution in [2.45, 2.75) is 354 Å². The molecule has 6 heteroatoms. The molecule has 80 heavy (non-hydrogen) atoms. The Bertz CT molecular complexity index is 1520. The van der Waals surface area contributed by atoms with Gasteiger partial charge in [-0.2, -0.15) is 0 Å². The van der Waals surface area contributed by atoms with Crippen molar-refractivity contribution in [2.24, 2.45) is 0 Å². The fourth-order valence-corrected chi connectivity index (χ4v) is 9.93. The van der Waals surface area contributed by atoms with E-state index in [9.17, 15) is 14.4 Å². The smallest absolute Gasteiger partial charge is 0.306 e. The number of carbonyl (C=O) groups excluding carboxylic acids is 3. The number of ether oxygens (including phenoxy) is 3. The van der Waals surface area contributed by atoms with Gasteiger partial charge in [-0.3, -0.25) is 14.4 Å². The average molecular weight is 1120 g/mol. The molecule has 0 aliphatic carbocycles. The molecule has 0 aromatic heterocycles. The normalized spacial score (nSPS) is 12.6. The Hall–Kier alpha value is -3.41. The summed E-state index contributed by atoms with van der Waals surface area (Å²) < 4.78 is 17.0. The molecule has 0 saturated heterocycles. The molecule has 0 heterocycles. The number of esters is 3. The Morgan fingerprint density at radius 2 is 0.487 bits per heavy atom. The molecular formula is C74H130O6. The third-order valence-electron chi connectivity index (χ3n) is 15.1. The molecule has 0 spiro atoms. The van der Waals surface area contributed by atoms with Crippen LogP contribution in [0.5, 0.6) is 0 Å². The van der Waals surface area contributed by atoms with Crippen molar-refractivity contribution in [1.29, 1.82) is 0 Å². The average Bonchev–Trinajstić information content (AvgIpc) is 3.46. The van der Waals surface area contributed by atoms with E-state index in [0.29, 0.717) is 19.3 Å². The molecule has 0 rings (SSSR count). The first-order valence-electron chi connectivity index (χ1n) is 34.6. The first-order valence-corrected chi connectivity index (χ1v) is 34.6. The highest BCUT2D eigenvalue weighted by Crippen LogP contribution is 2.17. The van der Waals surface area contributed by atoms with E-state index in [1.165, 1.54) is 218 Å². The molecular weight excluding hydrogens is 985 g/mol. The molecule has 0 aliphatic heterocycles. The van der Waals surface area contributed by atoms with Gasteiger partial charge in [0.25, 0.3) is 0 Å². The monoisotopic (exact) mass is 1110 g/mol. The maximum atomic E-state index is 12.9. The molecule has 462 valence electrons. The van der Waals surface area contributed by atoms with E-state index in [-0.39, 0.29) is 31.1 Å². The van der Waals surface area contributed by atoms with Gasteiger partial charge in [0, 0.05) is 19.3 Å². The summed E-state index contributed by atoms with van der Waals surface area (Å²) in [5, 5.41) is 0. The summed E-state index contributed by atoms with van der Waals surface area (Å²) in [5.74, 6) is -0.873. The lowest BCUT2D eigenvalue weighted by molar-refractivity contribution is -0.167. The predicted molar refractivity (Wildman–Crippen MR) is 348 cm³/mol. The standard InChI is InChI=1S/C74H130O6/c1-4-7-10-13-16-19-22-25-28-31-33-34-35-36-37-38-39-40-41-44-46-49-52-55-58-61-64-67-73(76)79-70-71(69-78-72(75)66-63-60-57-54-51-48-45-42-30-27-24-21-18-15-12-9-6-3)80-74(77)68-65-62-59-56-53-50-47-43-32-29-26-23-20-17-14-11-8-5-2/h7,10,16,19,25,27-30,32-34,36-37,71H,4-6,8-9,11-15,17-18,20-24,26,31,35,38-70H2,1-3H3/b10-7-,19-16-,28-25-,30-27-,32-29-,34-33-,37-36-. The van der Waals surface area contributed by atoms with Gasteiger partial charge in [-0.1, -0.05) is 298 Å². The van der Waals surface area contributed by atoms with Gasteiger partial charge in [0.05, 0.1) is 0 Å². The van der Waals surface area contributed by atoms with Crippen molar-refractivity contribution in [3.63, 3.8) is 0 Å². The zero-order chi connectivity index (χ0) is 57.8. The second kappa shape index (κ2) is 68.1. The van der Waals surface area contributed by atoms with Gasteiger partial charge >= 0.3 is 17.9 Å². The molecule has 0 aliphatic rings. The van der Waals surface area contributed by atoms with Crippen LogP contribution in [0.1, 0.15) is 348 Å². The van der Waals surface area contributed by atoms with Crippen LogP contribution in [0.15, 0.2) is 85.1 Å². The minimum atomic E-state index is -0.783. The van der Waals surface area contributed by atoms with Gasteiger partial charge in [-0.15, -0.1) is 0 Å². The van der Waals surface area contributed by atoms with Crippen LogP contribution < -0.4 is 0 Å². The van der Waals surface area contributed by atoms with Gasteiger partial charge < -0.3 is 14.2 Å². The van der Waals surface area contributed by atoms with Gasteiger partial charge in [0.2, 0.25) is 0 Å². The lowest BCUT2D eigenvalue weighted by Crippen LogP contribution is -2.30. The third-order valence-corrected chi connectivity index (χ3v) is 15.1. The molecule has 0 aromatic carbocycles. The summed E-state index contributed by atoms with van der Waals surface area (Å²) in [6, 6.07) is 0. The second-order valence-electron chi connectivity index (χ2n) is 23.1. The van der Waals surface area contributed by atoms with Crippen molar-refractivity contribution in [3.05, 3.63) is 85.1 Å². The van der Waals surface area contributed by atoms with Crippen LogP contribution >= 0.6 is 0 Å². The van der Waals surface area contributed by atoms with Crippen LogP contribution in [0.2, 0.25) is 0 Å². The van der Waals surface area contributed by atoms with E-state index in [1.807, 2.05) is 0 Å². The Balaban J connectivity index is 4.33. The van der Waals surface area contributed by atoms with Crippen LogP contribution in [0, 0.1) is 0 Å². The SMILES string of the molecule is CC/C=C\C/C=C\C/C=C\C/C=C\C/C=C\CCCCCCCCCCCCCC(=O)OCC(COC(=O)CCCCCCCCC/C=C\CCCCCCCC)OC(=O)CCCCCCCCC/C=C\CCCCCCCCC. The molecule has 0 aromatic rings. The van der Waals surface area contributed by atoms with Gasteiger partial charge in [0.1, 0.15) is 13.2 Å². The van der Waals surface area contributed by atoms with Crippen molar-refractivity contribution < 1.29 is 28.6 Å². The van der Waals surface area contributed by atoms with Crippen LogP contribution in [0.25, 0.3) is 0 Å². The number of rotatable bonds is 63. The largest absolute Gasteiger partial charge is 0.462 e. The molecule has 0 N–H and O–H groups in total. The fraction of sp³-hybridized carbons (Fsp3) is 0.770. The number of unbranched alkanes of at least 4 members (excludes halogenated alkanes) is 38. The minimum Gasteiger partial charge on any atom is -0.462 e. The highest BCUT2D eigenvalue weighted by molar-refractivity contribution is 5.71. The van der Waals surface area contributed by atoms with E-state index in [0.717, 1.165) is 89.9 Å². The van der Waals surface area contributed by atoms with Crippen LogP contribution in [0.4, 0.5) is 0 Å². The quantitative estimate of drug-likeness (QED) is 0.0261. The van der Waals surface area contributed by atoms with Crippen LogP contribution in [-0.2, 0) is 28.6 Å². The molecule has 1 atom stereocenters. The highest BCUT2D eigenvalue weighted by Gasteiger charge is 2.19. The summed E-state index contributed by atoms with van der Waals surface area (Å²) in [6.45, 7) is 6.56. The predicted octanol–water partition coefficient (Wildman–Crippen LogP) is 23.8. The van der Waals surface area contributed by atoms with Crippen LogP contribution in [0.3, 0.4) is 0 Å². The van der Waals surface area contributed by atoms with E-state index < -0.39 is 6.10 Å². The summed E-state index contributed by atoms with van der Waals surface area (Å²) in [4.78, 5) is 38.4. The Labute approximate surface area is 496 Å². The van der Waals surface area contributed by atoms with Crippen LogP contribution in [-0.4, -0.2) is 37.2 Å². The van der Waals surface area contributed by atoms with Crippen molar-refractivity contribution in [1.82, 2.24) is 0 Å². The van der Waals surface area contributed by atoms with Gasteiger partial charge in [-0.25, -0.2) is 0 Å². The zero-order valence-corrected chi connectivity index (χ0v) is 53.1. The van der Waals surface area contributed by atoms with Crippen molar-refractivity contribution in [3.8, 4) is 0 Å². The summed E-state index contributed by atoms with van der Waals surface area (Å²) in [5.41, 5.74) is 0. The minimum absolute atomic E-state index is 0.0787. The Kier molecular flexibility index (Phi) is 65.2. The lowest BCUT2D eigenvalue weighted by atomic mass is 10.0. The molecule has 6 nitrogen and oxygen atoms in total.